The molecule has 0 atom stereocenters. The van der Waals surface area contributed by atoms with E-state index in [1.807, 2.05) is 6.92 Å². The Morgan fingerprint density at radius 3 is 3.00 bits per heavy atom. The lowest BCUT2D eigenvalue weighted by Gasteiger charge is -1.95. The van der Waals surface area contributed by atoms with Crippen LogP contribution in [0.5, 0.6) is 0 Å². The molecule has 6 heteroatoms. The molecule has 0 aliphatic heterocycles. The van der Waals surface area contributed by atoms with Crippen LogP contribution in [0.2, 0.25) is 0 Å². The molecule has 0 spiro atoms. The predicted octanol–water partition coefficient (Wildman–Crippen LogP) is 0.364. The van der Waals surface area contributed by atoms with Gasteiger partial charge in [0, 0.05) is 13.0 Å². The van der Waals surface area contributed by atoms with E-state index in [1.165, 1.54) is 7.11 Å². The maximum absolute atomic E-state index is 10.9. The zero-order valence-corrected chi connectivity index (χ0v) is 8.86. The van der Waals surface area contributed by atoms with Crippen molar-refractivity contribution >= 4 is 5.97 Å². The Hall–Kier alpha value is -1.43. The fourth-order valence-corrected chi connectivity index (χ4v) is 0.967. The van der Waals surface area contributed by atoms with E-state index in [-0.39, 0.29) is 12.3 Å². The second-order valence-corrected chi connectivity index (χ2v) is 2.80. The fourth-order valence-electron chi connectivity index (χ4n) is 0.967. The third-order valence-electron chi connectivity index (χ3n) is 1.71. The van der Waals surface area contributed by atoms with Crippen molar-refractivity contribution in [2.24, 2.45) is 0 Å². The molecule has 0 aliphatic rings. The van der Waals surface area contributed by atoms with E-state index in [4.69, 9.17) is 9.26 Å². The molecule has 0 unspecified atom stereocenters. The second-order valence-electron chi connectivity index (χ2n) is 2.80. The van der Waals surface area contributed by atoms with E-state index >= 15 is 0 Å². The van der Waals surface area contributed by atoms with Crippen LogP contribution in [0.3, 0.4) is 0 Å². The highest BCUT2D eigenvalue weighted by Crippen LogP contribution is 2.00. The van der Waals surface area contributed by atoms with E-state index in [2.05, 4.69) is 14.9 Å². The number of methoxy groups -OCH3 is 1. The van der Waals surface area contributed by atoms with Crippen LogP contribution < -0.4 is 0 Å². The van der Waals surface area contributed by atoms with Crippen molar-refractivity contribution in [1.82, 2.24) is 10.1 Å². The third kappa shape index (κ3) is 4.07. The minimum absolute atomic E-state index is 0.0120. The summed E-state index contributed by atoms with van der Waals surface area (Å²) in [6, 6.07) is 0. The van der Waals surface area contributed by atoms with Crippen molar-refractivity contribution in [3.8, 4) is 0 Å². The quantitative estimate of drug-likeness (QED) is 0.503. The average Bonchev–Trinajstić information content (AvgIpc) is 2.66. The summed E-state index contributed by atoms with van der Waals surface area (Å²) in [5.41, 5.74) is 0. The highest BCUT2D eigenvalue weighted by molar-refractivity contribution is 5.70. The van der Waals surface area contributed by atoms with Crippen molar-refractivity contribution in [3.05, 3.63) is 11.7 Å². The Morgan fingerprint density at radius 1 is 1.53 bits per heavy atom. The summed E-state index contributed by atoms with van der Waals surface area (Å²) in [7, 11) is 1.31. The van der Waals surface area contributed by atoms with E-state index in [1.54, 1.807) is 0 Å². The van der Waals surface area contributed by atoms with Gasteiger partial charge in [0.25, 0.3) is 0 Å². The van der Waals surface area contributed by atoms with Crippen LogP contribution >= 0.6 is 0 Å². The van der Waals surface area contributed by atoms with Gasteiger partial charge in [-0.15, -0.1) is 0 Å². The molecule has 0 amide bonds. The number of ether oxygens (including phenoxy) is 2. The van der Waals surface area contributed by atoms with Crippen molar-refractivity contribution < 1.29 is 18.8 Å². The molecule has 0 aliphatic carbocycles. The summed E-state index contributed by atoms with van der Waals surface area (Å²) in [4.78, 5) is 14.9. The van der Waals surface area contributed by atoms with Crippen LogP contribution in [-0.2, 0) is 27.1 Å². The summed E-state index contributed by atoms with van der Waals surface area (Å²) in [6.45, 7) is 3.12. The molecule has 84 valence electrons. The standard InChI is InChI=1S/C9H14N2O4/c1-3-14-5-4-7-10-8(15-11-7)6-9(12)13-2/h3-6H2,1-2H3. The number of nitrogens with zero attached hydrogens (tertiary/aromatic N) is 2. The zero-order valence-electron chi connectivity index (χ0n) is 8.86. The molecule has 1 aromatic rings. The lowest BCUT2D eigenvalue weighted by Crippen LogP contribution is -2.05. The summed E-state index contributed by atoms with van der Waals surface area (Å²) >= 11 is 0. The van der Waals surface area contributed by atoms with Gasteiger partial charge in [-0.2, -0.15) is 4.98 Å². The van der Waals surface area contributed by atoms with E-state index < -0.39 is 5.97 Å². The number of hydrogen-bond acceptors (Lipinski definition) is 6. The molecular formula is C9H14N2O4. The lowest BCUT2D eigenvalue weighted by molar-refractivity contribution is -0.140. The minimum atomic E-state index is -0.394. The molecule has 0 radical (unpaired) electrons. The molecule has 0 N–H and O–H groups in total. The molecule has 6 nitrogen and oxygen atoms in total. The largest absolute Gasteiger partial charge is 0.469 e. The highest BCUT2D eigenvalue weighted by atomic mass is 16.5. The van der Waals surface area contributed by atoms with Crippen molar-refractivity contribution in [2.75, 3.05) is 20.3 Å². The van der Waals surface area contributed by atoms with Crippen LogP contribution in [0, 0.1) is 0 Å². The Morgan fingerprint density at radius 2 is 2.33 bits per heavy atom. The Kier molecular flexibility index (Phi) is 4.76. The molecule has 1 rings (SSSR count). The van der Waals surface area contributed by atoms with Gasteiger partial charge in [0.2, 0.25) is 5.89 Å². The maximum atomic E-state index is 10.9. The first-order chi connectivity index (χ1) is 7.26. The van der Waals surface area contributed by atoms with Gasteiger partial charge < -0.3 is 14.0 Å². The van der Waals surface area contributed by atoms with Crippen molar-refractivity contribution in [2.45, 2.75) is 19.8 Å². The SMILES string of the molecule is CCOCCc1noc(CC(=O)OC)n1. The lowest BCUT2D eigenvalue weighted by atomic mass is 10.4. The van der Waals surface area contributed by atoms with Gasteiger partial charge >= 0.3 is 5.97 Å². The van der Waals surface area contributed by atoms with Crippen LogP contribution in [0.15, 0.2) is 4.52 Å². The normalized spacial score (nSPS) is 10.3. The first-order valence-corrected chi connectivity index (χ1v) is 4.72. The number of esters is 1. The second kappa shape index (κ2) is 6.13. The van der Waals surface area contributed by atoms with Gasteiger partial charge in [0.15, 0.2) is 5.82 Å². The summed E-state index contributed by atoms with van der Waals surface area (Å²) < 4.78 is 14.5. The van der Waals surface area contributed by atoms with Crippen molar-refractivity contribution in [3.63, 3.8) is 0 Å². The van der Waals surface area contributed by atoms with E-state index in [9.17, 15) is 4.79 Å². The third-order valence-corrected chi connectivity index (χ3v) is 1.71. The van der Waals surface area contributed by atoms with Gasteiger partial charge in [-0.3, -0.25) is 4.79 Å². The van der Waals surface area contributed by atoms with Crippen LogP contribution in [0.25, 0.3) is 0 Å². The molecule has 0 bridgehead atoms. The number of carbonyl (C=O) groups is 1. The Bertz CT molecular complexity index is 311. The number of rotatable bonds is 6. The number of carbonyl (C=O) groups excluding carboxylic acids is 1. The summed E-state index contributed by atoms with van der Waals surface area (Å²) in [6.07, 6.45) is 0.594. The fraction of sp³-hybridized carbons (Fsp3) is 0.667. The van der Waals surface area contributed by atoms with Gasteiger partial charge in [-0.1, -0.05) is 5.16 Å². The molecule has 0 saturated heterocycles. The molecule has 0 saturated carbocycles. The van der Waals surface area contributed by atoms with Gasteiger partial charge in [-0.25, -0.2) is 0 Å². The Balaban J connectivity index is 2.38. The molecule has 0 fully saturated rings. The molecule has 0 aromatic carbocycles. The molecule has 15 heavy (non-hydrogen) atoms. The van der Waals surface area contributed by atoms with Crippen LogP contribution in [-0.4, -0.2) is 36.4 Å². The van der Waals surface area contributed by atoms with Gasteiger partial charge in [0.1, 0.15) is 6.42 Å². The molecular weight excluding hydrogens is 200 g/mol. The van der Waals surface area contributed by atoms with E-state index in [0.717, 1.165) is 0 Å². The smallest absolute Gasteiger partial charge is 0.315 e. The summed E-state index contributed by atoms with van der Waals surface area (Å²) in [5.74, 6) is 0.422. The predicted molar refractivity (Wildman–Crippen MR) is 50.2 cm³/mol. The van der Waals surface area contributed by atoms with Crippen molar-refractivity contribution in [1.29, 1.82) is 0 Å². The molecule has 1 heterocycles. The maximum Gasteiger partial charge on any atom is 0.315 e. The molecule has 1 aromatic heterocycles. The summed E-state index contributed by atoms with van der Waals surface area (Å²) in [5, 5.41) is 3.70. The zero-order chi connectivity index (χ0) is 11.1. The first kappa shape index (κ1) is 11.6. The van der Waals surface area contributed by atoms with Gasteiger partial charge in [0.05, 0.1) is 13.7 Å². The average molecular weight is 214 g/mol. The van der Waals surface area contributed by atoms with Gasteiger partial charge in [-0.05, 0) is 6.92 Å². The van der Waals surface area contributed by atoms with Crippen LogP contribution in [0.4, 0.5) is 0 Å². The first-order valence-electron chi connectivity index (χ1n) is 4.72. The highest BCUT2D eigenvalue weighted by Gasteiger charge is 2.10. The van der Waals surface area contributed by atoms with E-state index in [0.29, 0.717) is 25.5 Å². The number of aromatic nitrogens is 2. The minimum Gasteiger partial charge on any atom is -0.469 e. The topological polar surface area (TPSA) is 74.5 Å². The number of hydrogen-bond donors (Lipinski definition) is 0. The monoisotopic (exact) mass is 214 g/mol. The Labute approximate surface area is 87.6 Å². The van der Waals surface area contributed by atoms with Crippen LogP contribution in [0.1, 0.15) is 18.6 Å².